The summed E-state index contributed by atoms with van der Waals surface area (Å²) >= 11 is 0. The molecular formula is C21H23NO3. The molecule has 0 saturated heterocycles. The SMILES string of the molecule is CC(C1CC1)N(Cc1ccccc1)C(=O)C1COc2ccccc2O1. The van der Waals surface area contributed by atoms with E-state index in [9.17, 15) is 4.79 Å². The molecule has 0 radical (unpaired) electrons. The molecule has 25 heavy (non-hydrogen) atoms. The zero-order valence-electron chi connectivity index (χ0n) is 14.4. The van der Waals surface area contributed by atoms with Gasteiger partial charge in [0.05, 0.1) is 0 Å². The molecule has 2 atom stereocenters. The molecule has 130 valence electrons. The smallest absolute Gasteiger partial charge is 0.267 e. The number of para-hydroxylation sites is 2. The van der Waals surface area contributed by atoms with Gasteiger partial charge in [0.15, 0.2) is 11.5 Å². The van der Waals surface area contributed by atoms with Crippen LogP contribution < -0.4 is 9.47 Å². The zero-order chi connectivity index (χ0) is 17.2. The number of hydrogen-bond donors (Lipinski definition) is 0. The molecule has 2 aliphatic rings. The molecule has 4 heteroatoms. The van der Waals surface area contributed by atoms with E-state index in [0.717, 1.165) is 5.56 Å². The van der Waals surface area contributed by atoms with Gasteiger partial charge >= 0.3 is 0 Å². The predicted octanol–water partition coefficient (Wildman–Crippen LogP) is 3.65. The van der Waals surface area contributed by atoms with E-state index in [1.807, 2.05) is 47.4 Å². The molecule has 1 aliphatic carbocycles. The van der Waals surface area contributed by atoms with Crippen molar-refractivity contribution >= 4 is 5.91 Å². The van der Waals surface area contributed by atoms with Crippen LogP contribution in [0.4, 0.5) is 0 Å². The molecule has 1 aliphatic heterocycles. The Labute approximate surface area is 148 Å². The van der Waals surface area contributed by atoms with Crippen LogP contribution in [0.25, 0.3) is 0 Å². The Bertz CT molecular complexity index is 742. The van der Waals surface area contributed by atoms with E-state index in [0.29, 0.717) is 24.0 Å². The van der Waals surface area contributed by atoms with Crippen LogP contribution in [-0.4, -0.2) is 29.6 Å². The van der Waals surface area contributed by atoms with Gasteiger partial charge in [-0.15, -0.1) is 0 Å². The second-order valence-electron chi connectivity index (χ2n) is 6.89. The Kier molecular flexibility index (Phi) is 4.35. The summed E-state index contributed by atoms with van der Waals surface area (Å²) in [7, 11) is 0. The number of carbonyl (C=O) groups excluding carboxylic acids is 1. The number of fused-ring (bicyclic) bond motifs is 1. The van der Waals surface area contributed by atoms with Crippen LogP contribution in [0.1, 0.15) is 25.3 Å². The highest BCUT2D eigenvalue weighted by Gasteiger charge is 2.38. The lowest BCUT2D eigenvalue weighted by Gasteiger charge is -2.34. The van der Waals surface area contributed by atoms with Gasteiger partial charge in [0.1, 0.15) is 6.61 Å². The molecule has 1 saturated carbocycles. The van der Waals surface area contributed by atoms with E-state index < -0.39 is 6.10 Å². The number of carbonyl (C=O) groups is 1. The fourth-order valence-electron chi connectivity index (χ4n) is 3.36. The van der Waals surface area contributed by atoms with Crippen LogP contribution in [-0.2, 0) is 11.3 Å². The fraction of sp³-hybridized carbons (Fsp3) is 0.381. The van der Waals surface area contributed by atoms with Crippen LogP contribution in [0.5, 0.6) is 11.5 Å². The van der Waals surface area contributed by atoms with Crippen LogP contribution in [0.2, 0.25) is 0 Å². The van der Waals surface area contributed by atoms with Crippen molar-refractivity contribution in [2.75, 3.05) is 6.61 Å². The molecule has 2 aromatic carbocycles. The topological polar surface area (TPSA) is 38.8 Å². The molecule has 1 fully saturated rings. The third-order valence-electron chi connectivity index (χ3n) is 5.06. The van der Waals surface area contributed by atoms with E-state index in [1.165, 1.54) is 12.8 Å². The van der Waals surface area contributed by atoms with Crippen molar-refractivity contribution in [3.63, 3.8) is 0 Å². The summed E-state index contributed by atoms with van der Waals surface area (Å²) < 4.78 is 11.7. The Morgan fingerprint density at radius 1 is 1.08 bits per heavy atom. The maximum Gasteiger partial charge on any atom is 0.267 e. The number of hydrogen-bond acceptors (Lipinski definition) is 3. The molecular weight excluding hydrogens is 314 g/mol. The molecule has 1 amide bonds. The van der Waals surface area contributed by atoms with Crippen LogP contribution >= 0.6 is 0 Å². The highest BCUT2D eigenvalue weighted by atomic mass is 16.6. The monoisotopic (exact) mass is 337 g/mol. The molecule has 4 nitrogen and oxygen atoms in total. The first-order valence-corrected chi connectivity index (χ1v) is 8.95. The highest BCUT2D eigenvalue weighted by molar-refractivity contribution is 5.82. The summed E-state index contributed by atoms with van der Waals surface area (Å²) in [5.41, 5.74) is 1.14. The second kappa shape index (κ2) is 6.79. The minimum absolute atomic E-state index is 0.0118. The van der Waals surface area contributed by atoms with Crippen LogP contribution in [0, 0.1) is 5.92 Å². The van der Waals surface area contributed by atoms with Crippen LogP contribution in [0.3, 0.4) is 0 Å². The third kappa shape index (κ3) is 3.48. The molecule has 2 unspecified atom stereocenters. The first-order valence-electron chi connectivity index (χ1n) is 8.95. The van der Waals surface area contributed by atoms with Gasteiger partial charge in [-0.1, -0.05) is 42.5 Å². The van der Waals surface area contributed by atoms with Gasteiger partial charge in [0, 0.05) is 12.6 Å². The number of amides is 1. The van der Waals surface area contributed by atoms with Gasteiger partial charge in [-0.3, -0.25) is 4.79 Å². The zero-order valence-corrected chi connectivity index (χ0v) is 14.4. The lowest BCUT2D eigenvalue weighted by molar-refractivity contribution is -0.144. The van der Waals surface area contributed by atoms with Crippen molar-refractivity contribution in [1.29, 1.82) is 0 Å². The Morgan fingerprint density at radius 2 is 1.76 bits per heavy atom. The van der Waals surface area contributed by atoms with Gasteiger partial charge in [0.25, 0.3) is 5.91 Å². The van der Waals surface area contributed by atoms with Gasteiger partial charge < -0.3 is 14.4 Å². The number of rotatable bonds is 5. The maximum atomic E-state index is 13.2. The summed E-state index contributed by atoms with van der Waals surface area (Å²) in [4.78, 5) is 15.2. The molecule has 0 spiro atoms. The summed E-state index contributed by atoms with van der Waals surface area (Å²) in [6.07, 6.45) is 1.81. The quantitative estimate of drug-likeness (QED) is 0.836. The standard InChI is InChI=1S/C21H23NO3/c1-15(17-11-12-17)22(13-16-7-3-2-4-8-16)21(23)20-14-24-18-9-5-6-10-19(18)25-20/h2-10,15,17,20H,11-14H2,1H3. The lowest BCUT2D eigenvalue weighted by atomic mass is 10.1. The summed E-state index contributed by atoms with van der Waals surface area (Å²) in [6, 6.07) is 17.9. The Hall–Kier alpha value is -2.49. The minimum atomic E-state index is -0.584. The van der Waals surface area contributed by atoms with Crippen molar-refractivity contribution < 1.29 is 14.3 Å². The van der Waals surface area contributed by atoms with E-state index in [2.05, 4.69) is 19.1 Å². The van der Waals surface area contributed by atoms with E-state index in [1.54, 1.807) is 0 Å². The number of benzene rings is 2. The van der Waals surface area contributed by atoms with E-state index in [4.69, 9.17) is 9.47 Å². The summed E-state index contributed by atoms with van der Waals surface area (Å²) in [5, 5.41) is 0. The molecule has 2 aromatic rings. The first-order chi connectivity index (χ1) is 12.2. The molecule has 0 bridgehead atoms. The molecule has 0 N–H and O–H groups in total. The van der Waals surface area contributed by atoms with Gasteiger partial charge in [-0.25, -0.2) is 0 Å². The average Bonchev–Trinajstić information content (AvgIpc) is 3.51. The first kappa shape index (κ1) is 16.0. The number of nitrogens with zero attached hydrogens (tertiary/aromatic N) is 1. The van der Waals surface area contributed by atoms with Gasteiger partial charge in [-0.05, 0) is 43.4 Å². The van der Waals surface area contributed by atoms with Crippen molar-refractivity contribution in [2.24, 2.45) is 5.92 Å². The second-order valence-corrected chi connectivity index (χ2v) is 6.89. The molecule has 4 rings (SSSR count). The maximum absolute atomic E-state index is 13.2. The average molecular weight is 337 g/mol. The van der Waals surface area contributed by atoms with E-state index in [-0.39, 0.29) is 18.6 Å². The third-order valence-corrected chi connectivity index (χ3v) is 5.06. The molecule has 0 aromatic heterocycles. The van der Waals surface area contributed by atoms with Gasteiger partial charge in [0.2, 0.25) is 6.10 Å². The van der Waals surface area contributed by atoms with Gasteiger partial charge in [-0.2, -0.15) is 0 Å². The van der Waals surface area contributed by atoms with Crippen molar-refractivity contribution in [3.8, 4) is 11.5 Å². The highest BCUT2D eigenvalue weighted by Crippen LogP contribution is 2.37. The normalized spacial score (nSPS) is 20.0. The number of ether oxygens (including phenoxy) is 2. The largest absolute Gasteiger partial charge is 0.485 e. The lowest BCUT2D eigenvalue weighted by Crippen LogP contribution is -2.49. The van der Waals surface area contributed by atoms with Crippen molar-refractivity contribution in [3.05, 3.63) is 60.2 Å². The Balaban J connectivity index is 1.53. The van der Waals surface area contributed by atoms with Crippen molar-refractivity contribution in [1.82, 2.24) is 4.90 Å². The Morgan fingerprint density at radius 3 is 2.48 bits per heavy atom. The van der Waals surface area contributed by atoms with E-state index >= 15 is 0 Å². The fourth-order valence-corrected chi connectivity index (χ4v) is 3.36. The molecule has 1 heterocycles. The summed E-state index contributed by atoms with van der Waals surface area (Å²) in [6.45, 7) is 3.02. The van der Waals surface area contributed by atoms with Crippen molar-refractivity contribution in [2.45, 2.75) is 38.5 Å². The summed E-state index contributed by atoms with van der Waals surface area (Å²) in [5.74, 6) is 1.96. The van der Waals surface area contributed by atoms with Crippen LogP contribution in [0.15, 0.2) is 54.6 Å². The minimum Gasteiger partial charge on any atom is -0.485 e. The predicted molar refractivity (Wildman–Crippen MR) is 95.5 cm³/mol.